The number of ether oxygens (including phenoxy) is 3. The van der Waals surface area contributed by atoms with E-state index in [4.69, 9.17) is 14.2 Å². The average Bonchev–Trinajstić information content (AvgIpc) is 3.36. The molecule has 1 amide bonds. The number of carbonyl (C=O) groups excluding carboxylic acids is 1. The summed E-state index contributed by atoms with van der Waals surface area (Å²) in [4.78, 5) is 25.2. The van der Waals surface area contributed by atoms with E-state index in [-0.39, 0.29) is 11.7 Å². The van der Waals surface area contributed by atoms with Crippen LogP contribution in [0.2, 0.25) is 0 Å². The van der Waals surface area contributed by atoms with Gasteiger partial charge in [-0.2, -0.15) is 0 Å². The number of nitrogens with zero attached hydrogens (tertiary/aromatic N) is 2. The summed E-state index contributed by atoms with van der Waals surface area (Å²) in [6.45, 7) is 0. The van der Waals surface area contributed by atoms with Crippen molar-refractivity contribution in [3.63, 3.8) is 0 Å². The molecule has 0 radical (unpaired) electrons. The number of phenolic OH excluding ortho intramolecular Hbond substituents is 1. The van der Waals surface area contributed by atoms with Crippen LogP contribution in [0.3, 0.4) is 0 Å². The third kappa shape index (κ3) is 4.84. The molecule has 0 bridgehead atoms. The molecule has 9 heteroatoms. The lowest BCUT2D eigenvalue weighted by Crippen LogP contribution is -2.12. The predicted molar refractivity (Wildman–Crippen MR) is 142 cm³/mol. The third-order valence-electron chi connectivity index (χ3n) is 6.14. The Morgan fingerprint density at radius 2 is 1.76 bits per heavy atom. The zero-order valence-corrected chi connectivity index (χ0v) is 20.7. The molecule has 0 saturated carbocycles. The molecular weight excluding hydrogens is 472 g/mol. The Balaban J connectivity index is 1.45. The monoisotopic (exact) mass is 498 g/mol. The second-order valence-electron chi connectivity index (χ2n) is 8.44. The Hall–Kier alpha value is -4.79. The van der Waals surface area contributed by atoms with Gasteiger partial charge in [-0.25, -0.2) is 9.98 Å². The van der Waals surface area contributed by atoms with Crippen molar-refractivity contribution in [3.05, 3.63) is 71.6 Å². The zero-order valence-electron chi connectivity index (χ0n) is 20.7. The lowest BCUT2D eigenvalue weighted by molar-refractivity contribution is 0.102. The zero-order chi connectivity index (χ0) is 25.9. The number of anilines is 1. The summed E-state index contributed by atoms with van der Waals surface area (Å²) >= 11 is 0. The van der Waals surface area contributed by atoms with E-state index < -0.39 is 0 Å². The van der Waals surface area contributed by atoms with Gasteiger partial charge in [0.1, 0.15) is 23.1 Å². The van der Waals surface area contributed by atoms with Gasteiger partial charge < -0.3 is 29.6 Å². The summed E-state index contributed by atoms with van der Waals surface area (Å²) in [5.41, 5.74) is 4.72. The highest BCUT2D eigenvalue weighted by Crippen LogP contribution is 2.35. The second-order valence-corrected chi connectivity index (χ2v) is 8.44. The first kappa shape index (κ1) is 23.9. The molecule has 37 heavy (non-hydrogen) atoms. The van der Waals surface area contributed by atoms with Gasteiger partial charge in [0.2, 0.25) is 5.88 Å². The number of carbonyl (C=O) groups is 1. The predicted octanol–water partition coefficient (Wildman–Crippen LogP) is 5.38. The number of rotatable bonds is 7. The summed E-state index contributed by atoms with van der Waals surface area (Å²) in [5, 5.41) is 13.5. The minimum atomic E-state index is -0.296. The number of aromatic amines is 1. The van der Waals surface area contributed by atoms with Crippen LogP contribution < -0.4 is 14.8 Å². The molecule has 2 heterocycles. The van der Waals surface area contributed by atoms with Gasteiger partial charge in [-0.15, -0.1) is 0 Å². The van der Waals surface area contributed by atoms with Crippen molar-refractivity contribution in [1.82, 2.24) is 9.97 Å². The van der Waals surface area contributed by atoms with Crippen molar-refractivity contribution >= 4 is 34.4 Å². The standard InChI is InChI=1S/C28H26N4O5/c1-35-19-13-18(14-20(15-19)36-2)30-27(34)17-6-8-23-24(12-17)32-26(31-23)22-11-16(7-9-25(22)33)21-5-4-10-29-28(21)37-3/h6-15,33H,4-5H2,1-3H3,(H,30,34)(H,31,32). The number of fused-ring (bicyclic) bond motifs is 1. The second kappa shape index (κ2) is 10.1. The molecular formula is C28H26N4O5. The highest BCUT2D eigenvalue weighted by Gasteiger charge is 2.17. The van der Waals surface area contributed by atoms with Crippen molar-refractivity contribution in [2.75, 3.05) is 26.6 Å². The molecule has 0 atom stereocenters. The summed E-state index contributed by atoms with van der Waals surface area (Å²) < 4.78 is 16.0. The Kier molecular flexibility index (Phi) is 6.51. The molecule has 3 aromatic carbocycles. The smallest absolute Gasteiger partial charge is 0.255 e. The first-order valence-corrected chi connectivity index (χ1v) is 11.7. The van der Waals surface area contributed by atoms with E-state index in [2.05, 4.69) is 20.3 Å². The lowest BCUT2D eigenvalue weighted by Gasteiger charge is -2.15. The van der Waals surface area contributed by atoms with Crippen molar-refractivity contribution in [2.45, 2.75) is 12.8 Å². The number of imidazole rings is 1. The summed E-state index contributed by atoms with van der Waals surface area (Å²) in [5.74, 6) is 1.99. The summed E-state index contributed by atoms with van der Waals surface area (Å²) in [7, 11) is 4.69. The van der Waals surface area contributed by atoms with Crippen LogP contribution >= 0.6 is 0 Å². The molecule has 9 nitrogen and oxygen atoms in total. The number of aromatic nitrogens is 2. The van der Waals surface area contributed by atoms with Gasteiger partial charge in [-0.1, -0.05) is 6.07 Å². The normalized spacial score (nSPS) is 13.1. The Bertz CT molecular complexity index is 1530. The molecule has 3 N–H and O–H groups in total. The number of H-pyrrole nitrogens is 1. The SMILES string of the molecule is COC1=C(c2ccc(O)c(-c3nc4ccc(C(=O)Nc5cc(OC)cc(OC)c5)cc4[nH]3)c2)CCC=N1. The molecule has 0 unspecified atom stereocenters. The summed E-state index contributed by atoms with van der Waals surface area (Å²) in [6, 6.07) is 15.7. The van der Waals surface area contributed by atoms with Crippen molar-refractivity contribution in [2.24, 2.45) is 4.99 Å². The van der Waals surface area contributed by atoms with Crippen LogP contribution in [0.15, 0.2) is 65.5 Å². The minimum Gasteiger partial charge on any atom is -0.507 e. The fourth-order valence-electron chi connectivity index (χ4n) is 4.26. The van der Waals surface area contributed by atoms with Crippen molar-refractivity contribution in [3.8, 4) is 28.6 Å². The van der Waals surface area contributed by atoms with Crippen LogP contribution in [0.5, 0.6) is 17.2 Å². The minimum absolute atomic E-state index is 0.0895. The van der Waals surface area contributed by atoms with Crippen LogP contribution in [0.1, 0.15) is 28.8 Å². The quantitative estimate of drug-likeness (QED) is 0.315. The molecule has 4 aromatic rings. The Labute approximate surface area is 213 Å². The van der Waals surface area contributed by atoms with E-state index in [0.29, 0.717) is 51.1 Å². The molecule has 5 rings (SSSR count). The molecule has 1 aliphatic heterocycles. The van der Waals surface area contributed by atoms with E-state index in [9.17, 15) is 9.90 Å². The highest BCUT2D eigenvalue weighted by atomic mass is 16.5. The molecule has 1 aliphatic rings. The number of benzene rings is 3. The maximum atomic E-state index is 13.0. The van der Waals surface area contributed by atoms with Gasteiger partial charge in [0.05, 0.1) is 37.9 Å². The van der Waals surface area contributed by atoms with E-state index in [1.54, 1.807) is 63.8 Å². The first-order chi connectivity index (χ1) is 18.0. The number of methoxy groups -OCH3 is 3. The number of hydrogen-bond acceptors (Lipinski definition) is 7. The lowest BCUT2D eigenvalue weighted by atomic mass is 9.98. The summed E-state index contributed by atoms with van der Waals surface area (Å²) in [6.07, 6.45) is 3.44. The maximum absolute atomic E-state index is 13.0. The molecule has 0 saturated heterocycles. The Morgan fingerprint density at radius 1 is 0.973 bits per heavy atom. The number of hydrogen-bond donors (Lipinski definition) is 3. The van der Waals surface area contributed by atoms with E-state index in [1.165, 1.54) is 0 Å². The molecule has 0 aliphatic carbocycles. The first-order valence-electron chi connectivity index (χ1n) is 11.7. The molecule has 1 aromatic heterocycles. The van der Waals surface area contributed by atoms with Crippen LogP contribution in [-0.2, 0) is 4.74 Å². The topological polar surface area (TPSA) is 118 Å². The van der Waals surface area contributed by atoms with E-state index in [0.717, 1.165) is 24.0 Å². The number of amides is 1. The number of nitrogens with one attached hydrogen (secondary N) is 2. The van der Waals surface area contributed by atoms with Crippen LogP contribution in [0.25, 0.3) is 28.0 Å². The average molecular weight is 499 g/mol. The van der Waals surface area contributed by atoms with Crippen LogP contribution in [0, 0.1) is 0 Å². The fourth-order valence-corrected chi connectivity index (χ4v) is 4.26. The van der Waals surface area contributed by atoms with Gasteiger partial charge in [0, 0.05) is 41.2 Å². The number of allylic oxidation sites excluding steroid dienone is 1. The van der Waals surface area contributed by atoms with Crippen molar-refractivity contribution in [1.29, 1.82) is 0 Å². The van der Waals surface area contributed by atoms with Crippen LogP contribution in [-0.4, -0.2) is 48.5 Å². The van der Waals surface area contributed by atoms with Crippen LogP contribution in [0.4, 0.5) is 5.69 Å². The fraction of sp³-hybridized carbons (Fsp3) is 0.179. The largest absolute Gasteiger partial charge is 0.507 e. The van der Waals surface area contributed by atoms with Gasteiger partial charge in [0.25, 0.3) is 5.91 Å². The van der Waals surface area contributed by atoms with E-state index >= 15 is 0 Å². The highest BCUT2D eigenvalue weighted by molar-refractivity contribution is 6.06. The maximum Gasteiger partial charge on any atom is 0.255 e. The molecule has 188 valence electrons. The third-order valence-corrected chi connectivity index (χ3v) is 6.14. The Morgan fingerprint density at radius 3 is 2.49 bits per heavy atom. The number of aromatic hydroxyl groups is 1. The number of aliphatic imine (C=N–C) groups is 1. The molecule has 0 fully saturated rings. The van der Waals surface area contributed by atoms with Gasteiger partial charge >= 0.3 is 0 Å². The van der Waals surface area contributed by atoms with E-state index in [1.807, 2.05) is 18.3 Å². The number of phenols is 1. The van der Waals surface area contributed by atoms with Crippen molar-refractivity contribution < 1.29 is 24.1 Å². The van der Waals surface area contributed by atoms with Gasteiger partial charge in [-0.3, -0.25) is 4.79 Å². The van der Waals surface area contributed by atoms with Gasteiger partial charge in [0.15, 0.2) is 0 Å². The molecule has 0 spiro atoms. The van der Waals surface area contributed by atoms with Gasteiger partial charge in [-0.05, 0) is 48.7 Å².